The van der Waals surface area contributed by atoms with Crippen LogP contribution in [0.3, 0.4) is 0 Å². The Morgan fingerprint density at radius 2 is 2.00 bits per heavy atom. The summed E-state index contributed by atoms with van der Waals surface area (Å²) in [6.45, 7) is 1.19. The van der Waals surface area contributed by atoms with Crippen molar-refractivity contribution in [3.8, 4) is 11.5 Å². The summed E-state index contributed by atoms with van der Waals surface area (Å²) in [7, 11) is 3.16. The molecular weight excluding hydrogens is 296 g/mol. The summed E-state index contributed by atoms with van der Waals surface area (Å²) in [5, 5.41) is 9.01. The Morgan fingerprint density at radius 3 is 2.62 bits per heavy atom. The standard InChI is InChI=1S/C15H19ClO5/c1-19-7-3-4-8-21-15-12(16)9-11(5-6-14(17)18)10-13(15)20-2/h5-6,9-10H,3-4,7-8H2,1-2H3,(H,17,18)/b6-5+. The van der Waals surface area contributed by atoms with Crippen LogP contribution in [-0.4, -0.2) is 38.5 Å². The molecule has 1 aromatic rings. The van der Waals surface area contributed by atoms with Crippen LogP contribution in [0, 0.1) is 0 Å². The number of aliphatic carboxylic acids is 1. The molecule has 0 saturated carbocycles. The largest absolute Gasteiger partial charge is 0.493 e. The van der Waals surface area contributed by atoms with Gasteiger partial charge < -0.3 is 19.3 Å². The molecule has 1 N–H and O–H groups in total. The van der Waals surface area contributed by atoms with Crippen LogP contribution < -0.4 is 9.47 Å². The molecule has 0 heterocycles. The Morgan fingerprint density at radius 1 is 1.29 bits per heavy atom. The summed E-state index contributed by atoms with van der Waals surface area (Å²) in [6.07, 6.45) is 4.22. The average molecular weight is 315 g/mol. The zero-order chi connectivity index (χ0) is 15.7. The number of hydrogen-bond donors (Lipinski definition) is 1. The first kappa shape index (κ1) is 17.3. The van der Waals surface area contributed by atoms with Gasteiger partial charge in [0.15, 0.2) is 11.5 Å². The number of halogens is 1. The van der Waals surface area contributed by atoms with Gasteiger partial charge in [0.2, 0.25) is 0 Å². The van der Waals surface area contributed by atoms with Crippen LogP contribution in [0.4, 0.5) is 0 Å². The van der Waals surface area contributed by atoms with Gasteiger partial charge in [-0.2, -0.15) is 0 Å². The average Bonchev–Trinajstić information content (AvgIpc) is 2.46. The van der Waals surface area contributed by atoms with Gasteiger partial charge in [-0.1, -0.05) is 11.6 Å². The van der Waals surface area contributed by atoms with E-state index in [1.54, 1.807) is 19.2 Å². The van der Waals surface area contributed by atoms with Crippen LogP contribution >= 0.6 is 11.6 Å². The van der Waals surface area contributed by atoms with Crippen molar-refractivity contribution in [2.45, 2.75) is 12.8 Å². The molecule has 0 radical (unpaired) electrons. The highest BCUT2D eigenvalue weighted by molar-refractivity contribution is 6.32. The lowest BCUT2D eigenvalue weighted by Crippen LogP contribution is -2.02. The lowest BCUT2D eigenvalue weighted by Gasteiger charge is -2.13. The molecule has 6 heteroatoms. The molecule has 0 unspecified atom stereocenters. The number of hydrogen-bond acceptors (Lipinski definition) is 4. The second kappa shape index (κ2) is 9.26. The van der Waals surface area contributed by atoms with Crippen LogP contribution in [-0.2, 0) is 9.53 Å². The molecule has 0 aromatic heterocycles. The lowest BCUT2D eigenvalue weighted by molar-refractivity contribution is -0.131. The number of rotatable bonds is 9. The summed E-state index contributed by atoms with van der Waals surface area (Å²) in [6, 6.07) is 3.31. The van der Waals surface area contributed by atoms with E-state index in [-0.39, 0.29) is 0 Å². The topological polar surface area (TPSA) is 65.0 Å². The van der Waals surface area contributed by atoms with Crippen molar-refractivity contribution in [1.82, 2.24) is 0 Å². The van der Waals surface area contributed by atoms with Gasteiger partial charge in [-0.3, -0.25) is 0 Å². The van der Waals surface area contributed by atoms with Crippen molar-refractivity contribution >= 4 is 23.6 Å². The fourth-order valence-corrected chi connectivity index (χ4v) is 1.94. The van der Waals surface area contributed by atoms with E-state index in [0.29, 0.717) is 35.3 Å². The summed E-state index contributed by atoms with van der Waals surface area (Å²) in [5.41, 5.74) is 0.631. The first-order chi connectivity index (χ1) is 10.1. The SMILES string of the molecule is COCCCCOc1c(Cl)cc(/C=C/C(=O)O)cc1OC. The molecule has 0 aliphatic carbocycles. The molecular formula is C15H19ClO5. The minimum absolute atomic E-state index is 0.381. The van der Waals surface area contributed by atoms with Crippen LogP contribution in [0.15, 0.2) is 18.2 Å². The highest BCUT2D eigenvalue weighted by Crippen LogP contribution is 2.36. The zero-order valence-electron chi connectivity index (χ0n) is 12.1. The van der Waals surface area contributed by atoms with Gasteiger partial charge >= 0.3 is 5.97 Å². The van der Waals surface area contributed by atoms with Gasteiger partial charge in [0.1, 0.15) is 0 Å². The van der Waals surface area contributed by atoms with E-state index in [1.165, 1.54) is 13.2 Å². The number of methoxy groups -OCH3 is 2. The Labute approximate surface area is 129 Å². The molecule has 0 bridgehead atoms. The molecule has 0 saturated heterocycles. The molecule has 116 valence electrons. The monoisotopic (exact) mass is 314 g/mol. The van der Waals surface area contributed by atoms with E-state index in [4.69, 9.17) is 30.9 Å². The zero-order valence-corrected chi connectivity index (χ0v) is 12.9. The van der Waals surface area contributed by atoms with Crippen molar-refractivity contribution < 1.29 is 24.1 Å². The first-order valence-electron chi connectivity index (χ1n) is 6.48. The number of carbonyl (C=O) groups is 1. The smallest absolute Gasteiger partial charge is 0.328 e. The van der Waals surface area contributed by atoms with Crippen molar-refractivity contribution in [2.75, 3.05) is 27.4 Å². The van der Waals surface area contributed by atoms with Gasteiger partial charge in [-0.15, -0.1) is 0 Å². The number of ether oxygens (including phenoxy) is 3. The Kier molecular flexibility index (Phi) is 7.64. The molecule has 0 atom stereocenters. The fourth-order valence-electron chi connectivity index (χ4n) is 1.67. The maximum absolute atomic E-state index is 10.5. The second-order valence-corrected chi connectivity index (χ2v) is 4.66. The molecule has 1 rings (SSSR count). The number of unbranched alkanes of at least 4 members (excludes halogenated alkanes) is 1. The van der Waals surface area contributed by atoms with Crippen molar-refractivity contribution in [3.63, 3.8) is 0 Å². The van der Waals surface area contributed by atoms with Crippen LogP contribution in [0.1, 0.15) is 18.4 Å². The van der Waals surface area contributed by atoms with Gasteiger partial charge in [0, 0.05) is 19.8 Å². The van der Waals surface area contributed by atoms with Gasteiger partial charge in [-0.05, 0) is 36.6 Å². The van der Waals surface area contributed by atoms with Crippen LogP contribution in [0.2, 0.25) is 5.02 Å². The predicted octanol–water partition coefficient (Wildman–Crippen LogP) is 3.25. The summed E-state index contributed by atoms with van der Waals surface area (Å²) >= 11 is 6.16. The molecule has 0 amide bonds. The van der Waals surface area contributed by atoms with E-state index >= 15 is 0 Å². The second-order valence-electron chi connectivity index (χ2n) is 4.25. The lowest BCUT2D eigenvalue weighted by atomic mass is 10.2. The highest BCUT2D eigenvalue weighted by Gasteiger charge is 2.11. The minimum Gasteiger partial charge on any atom is -0.493 e. The third-order valence-corrected chi connectivity index (χ3v) is 2.94. The molecule has 0 aliphatic rings. The molecule has 21 heavy (non-hydrogen) atoms. The number of carboxylic acids is 1. The molecule has 0 fully saturated rings. The van der Waals surface area contributed by atoms with E-state index in [2.05, 4.69) is 0 Å². The highest BCUT2D eigenvalue weighted by atomic mass is 35.5. The van der Waals surface area contributed by atoms with Gasteiger partial charge in [-0.25, -0.2) is 4.79 Å². The van der Waals surface area contributed by atoms with Crippen molar-refractivity contribution in [3.05, 3.63) is 28.8 Å². The normalized spacial score (nSPS) is 10.8. The fraction of sp³-hybridized carbons (Fsp3) is 0.400. The van der Waals surface area contributed by atoms with E-state index in [1.807, 2.05) is 0 Å². The number of benzene rings is 1. The molecule has 1 aromatic carbocycles. The quantitative estimate of drug-likeness (QED) is 0.560. The minimum atomic E-state index is -1.02. The third-order valence-electron chi connectivity index (χ3n) is 2.66. The summed E-state index contributed by atoms with van der Waals surface area (Å²) < 4.78 is 15.8. The van der Waals surface area contributed by atoms with Gasteiger partial charge in [0.25, 0.3) is 0 Å². The molecule has 5 nitrogen and oxygen atoms in total. The van der Waals surface area contributed by atoms with Crippen LogP contribution in [0.25, 0.3) is 6.08 Å². The van der Waals surface area contributed by atoms with E-state index in [0.717, 1.165) is 18.9 Å². The maximum atomic E-state index is 10.5. The third kappa shape index (κ3) is 6.06. The maximum Gasteiger partial charge on any atom is 0.328 e. The molecule has 0 spiro atoms. The Balaban J connectivity index is 2.77. The van der Waals surface area contributed by atoms with Gasteiger partial charge in [0.05, 0.1) is 18.7 Å². The first-order valence-corrected chi connectivity index (χ1v) is 6.86. The van der Waals surface area contributed by atoms with Crippen molar-refractivity contribution in [1.29, 1.82) is 0 Å². The number of carboxylic acid groups (broad SMARTS) is 1. The molecule has 0 aliphatic heterocycles. The Hall–Kier alpha value is -1.72. The predicted molar refractivity (Wildman–Crippen MR) is 81.3 cm³/mol. The van der Waals surface area contributed by atoms with Crippen LogP contribution in [0.5, 0.6) is 11.5 Å². The summed E-state index contributed by atoms with van der Waals surface area (Å²) in [5.74, 6) is -0.0908. The van der Waals surface area contributed by atoms with E-state index in [9.17, 15) is 4.79 Å². The van der Waals surface area contributed by atoms with Crippen molar-refractivity contribution in [2.24, 2.45) is 0 Å². The van der Waals surface area contributed by atoms with E-state index < -0.39 is 5.97 Å². The summed E-state index contributed by atoms with van der Waals surface area (Å²) in [4.78, 5) is 10.5. The Bertz CT molecular complexity index is 499.